The van der Waals surface area contributed by atoms with Crippen LogP contribution in [0.2, 0.25) is 0 Å². The van der Waals surface area contributed by atoms with Crippen molar-refractivity contribution >= 4 is 5.91 Å². The molecule has 4 heteroatoms. The van der Waals surface area contributed by atoms with E-state index in [9.17, 15) is 4.79 Å². The summed E-state index contributed by atoms with van der Waals surface area (Å²) < 4.78 is 5.55. The van der Waals surface area contributed by atoms with Gasteiger partial charge in [-0.15, -0.1) is 0 Å². The number of rotatable bonds is 7. The summed E-state index contributed by atoms with van der Waals surface area (Å²) in [4.78, 5) is 11.8. The van der Waals surface area contributed by atoms with Crippen molar-refractivity contribution in [1.82, 2.24) is 5.32 Å². The van der Waals surface area contributed by atoms with Crippen molar-refractivity contribution in [2.45, 2.75) is 39.9 Å². The van der Waals surface area contributed by atoms with Crippen molar-refractivity contribution in [2.24, 2.45) is 5.92 Å². The second-order valence-electron chi connectivity index (χ2n) is 5.04. The summed E-state index contributed by atoms with van der Waals surface area (Å²) in [7, 11) is 0. The summed E-state index contributed by atoms with van der Waals surface area (Å²) in [6.45, 7) is 6.59. The van der Waals surface area contributed by atoms with Gasteiger partial charge in [-0.3, -0.25) is 4.79 Å². The number of aliphatic hydroxyl groups excluding tert-OH is 1. The number of ether oxygens (including phenoxy) is 1. The summed E-state index contributed by atoms with van der Waals surface area (Å²) in [5.41, 5.74) is 0.768. The lowest BCUT2D eigenvalue weighted by Gasteiger charge is -2.15. The molecule has 2 N–H and O–H groups in total. The molecule has 1 amide bonds. The first-order valence-corrected chi connectivity index (χ1v) is 6.67. The Bertz CT molecular complexity index is 404. The Labute approximate surface area is 114 Å². The molecule has 0 aromatic heterocycles. The SMILES string of the molecule is CC(C)CCNC(=O)C(C)Oc1cccc(CO)c1. The maximum atomic E-state index is 11.8. The largest absolute Gasteiger partial charge is 0.481 e. The molecule has 0 aliphatic rings. The van der Waals surface area contributed by atoms with Crippen LogP contribution in [0.25, 0.3) is 0 Å². The van der Waals surface area contributed by atoms with Gasteiger partial charge in [-0.05, 0) is 37.0 Å². The second-order valence-corrected chi connectivity index (χ2v) is 5.04. The molecule has 1 aromatic rings. The zero-order valence-corrected chi connectivity index (χ0v) is 11.8. The van der Waals surface area contributed by atoms with Crippen molar-refractivity contribution in [3.8, 4) is 5.75 Å². The molecule has 19 heavy (non-hydrogen) atoms. The number of carbonyl (C=O) groups excluding carboxylic acids is 1. The lowest BCUT2D eigenvalue weighted by atomic mass is 10.1. The highest BCUT2D eigenvalue weighted by molar-refractivity contribution is 5.80. The Balaban J connectivity index is 2.44. The Kier molecular flexibility index (Phi) is 6.36. The Morgan fingerprint density at radius 2 is 2.11 bits per heavy atom. The maximum Gasteiger partial charge on any atom is 0.260 e. The Hall–Kier alpha value is -1.55. The average molecular weight is 265 g/mol. The summed E-state index contributed by atoms with van der Waals surface area (Å²) in [6.07, 6.45) is 0.416. The number of carbonyl (C=O) groups is 1. The molecule has 0 heterocycles. The number of amides is 1. The fourth-order valence-electron chi connectivity index (χ4n) is 1.60. The Morgan fingerprint density at radius 3 is 2.74 bits per heavy atom. The molecule has 1 rings (SSSR count). The van der Waals surface area contributed by atoms with Crippen LogP contribution >= 0.6 is 0 Å². The van der Waals surface area contributed by atoms with Gasteiger partial charge < -0.3 is 15.2 Å². The first-order chi connectivity index (χ1) is 9.02. The number of nitrogens with one attached hydrogen (secondary N) is 1. The molecule has 4 nitrogen and oxygen atoms in total. The third kappa shape index (κ3) is 5.75. The molecular weight excluding hydrogens is 242 g/mol. The van der Waals surface area contributed by atoms with E-state index in [2.05, 4.69) is 19.2 Å². The lowest BCUT2D eigenvalue weighted by Crippen LogP contribution is -2.37. The van der Waals surface area contributed by atoms with Gasteiger partial charge in [-0.25, -0.2) is 0 Å². The van der Waals surface area contributed by atoms with Gasteiger partial charge in [-0.1, -0.05) is 26.0 Å². The summed E-state index contributed by atoms with van der Waals surface area (Å²) in [5.74, 6) is 1.05. The predicted molar refractivity (Wildman–Crippen MR) is 74.9 cm³/mol. The van der Waals surface area contributed by atoms with Crippen LogP contribution in [0.1, 0.15) is 32.8 Å². The van der Waals surface area contributed by atoms with Crippen LogP contribution in [0, 0.1) is 5.92 Å². The first kappa shape index (κ1) is 15.5. The number of hydrogen-bond donors (Lipinski definition) is 2. The van der Waals surface area contributed by atoms with E-state index in [1.54, 1.807) is 31.2 Å². The fourth-order valence-corrected chi connectivity index (χ4v) is 1.60. The fraction of sp³-hybridized carbons (Fsp3) is 0.533. The van der Waals surface area contributed by atoms with Crippen LogP contribution in [0.3, 0.4) is 0 Å². The van der Waals surface area contributed by atoms with E-state index < -0.39 is 6.10 Å². The number of hydrogen-bond acceptors (Lipinski definition) is 3. The molecule has 1 atom stereocenters. The molecule has 1 unspecified atom stereocenters. The number of benzene rings is 1. The minimum atomic E-state index is -0.541. The predicted octanol–water partition coefficient (Wildman–Crippen LogP) is 2.11. The molecule has 0 aliphatic carbocycles. The zero-order chi connectivity index (χ0) is 14.3. The van der Waals surface area contributed by atoms with E-state index in [0.29, 0.717) is 18.2 Å². The molecule has 0 aliphatic heterocycles. The molecule has 0 spiro atoms. The monoisotopic (exact) mass is 265 g/mol. The van der Waals surface area contributed by atoms with E-state index in [1.807, 2.05) is 0 Å². The van der Waals surface area contributed by atoms with Crippen LogP contribution in [-0.2, 0) is 11.4 Å². The molecule has 0 saturated heterocycles. The van der Waals surface area contributed by atoms with Crippen molar-refractivity contribution in [3.05, 3.63) is 29.8 Å². The van der Waals surface area contributed by atoms with Gasteiger partial charge in [0.15, 0.2) is 6.10 Å². The van der Waals surface area contributed by atoms with Gasteiger partial charge in [-0.2, -0.15) is 0 Å². The number of aliphatic hydroxyl groups is 1. The Morgan fingerprint density at radius 1 is 1.37 bits per heavy atom. The van der Waals surface area contributed by atoms with Crippen LogP contribution in [0.4, 0.5) is 0 Å². The van der Waals surface area contributed by atoms with E-state index >= 15 is 0 Å². The molecule has 0 bridgehead atoms. The summed E-state index contributed by atoms with van der Waals surface area (Å²) >= 11 is 0. The molecule has 0 radical (unpaired) electrons. The van der Waals surface area contributed by atoms with E-state index in [4.69, 9.17) is 9.84 Å². The minimum Gasteiger partial charge on any atom is -0.481 e. The van der Waals surface area contributed by atoms with Crippen molar-refractivity contribution < 1.29 is 14.6 Å². The van der Waals surface area contributed by atoms with Gasteiger partial charge >= 0.3 is 0 Å². The first-order valence-electron chi connectivity index (χ1n) is 6.67. The van der Waals surface area contributed by atoms with Crippen LogP contribution in [-0.4, -0.2) is 23.7 Å². The molecule has 0 fully saturated rings. The minimum absolute atomic E-state index is 0.0355. The van der Waals surface area contributed by atoms with Crippen molar-refractivity contribution in [2.75, 3.05) is 6.54 Å². The molecule has 106 valence electrons. The summed E-state index contributed by atoms with van der Waals surface area (Å²) in [5, 5.41) is 11.9. The summed E-state index contributed by atoms with van der Waals surface area (Å²) in [6, 6.07) is 7.11. The average Bonchev–Trinajstić information content (AvgIpc) is 2.38. The zero-order valence-electron chi connectivity index (χ0n) is 11.8. The normalized spacial score (nSPS) is 12.3. The third-order valence-electron chi connectivity index (χ3n) is 2.78. The van der Waals surface area contributed by atoms with Gasteiger partial charge in [0.05, 0.1) is 6.61 Å². The van der Waals surface area contributed by atoms with Gasteiger partial charge in [0, 0.05) is 6.54 Å². The van der Waals surface area contributed by atoms with Gasteiger partial charge in [0.25, 0.3) is 5.91 Å². The quantitative estimate of drug-likeness (QED) is 0.794. The smallest absolute Gasteiger partial charge is 0.260 e. The third-order valence-corrected chi connectivity index (χ3v) is 2.78. The van der Waals surface area contributed by atoms with Crippen LogP contribution in [0.5, 0.6) is 5.75 Å². The van der Waals surface area contributed by atoms with E-state index in [1.165, 1.54) is 0 Å². The van der Waals surface area contributed by atoms with E-state index in [-0.39, 0.29) is 12.5 Å². The second kappa shape index (κ2) is 7.79. The molecular formula is C15H23NO3. The highest BCUT2D eigenvalue weighted by atomic mass is 16.5. The molecule has 0 saturated carbocycles. The lowest BCUT2D eigenvalue weighted by molar-refractivity contribution is -0.127. The standard InChI is InChI=1S/C15H23NO3/c1-11(2)7-8-16-15(18)12(3)19-14-6-4-5-13(9-14)10-17/h4-6,9,11-12,17H,7-8,10H2,1-3H3,(H,16,18). The van der Waals surface area contributed by atoms with Crippen molar-refractivity contribution in [3.63, 3.8) is 0 Å². The van der Waals surface area contributed by atoms with Crippen LogP contribution in [0.15, 0.2) is 24.3 Å². The van der Waals surface area contributed by atoms with E-state index in [0.717, 1.165) is 12.0 Å². The topological polar surface area (TPSA) is 58.6 Å². The van der Waals surface area contributed by atoms with Gasteiger partial charge in [0.1, 0.15) is 5.75 Å². The highest BCUT2D eigenvalue weighted by Crippen LogP contribution is 2.15. The van der Waals surface area contributed by atoms with Crippen LogP contribution < -0.4 is 10.1 Å². The maximum absolute atomic E-state index is 11.8. The molecule has 1 aromatic carbocycles. The van der Waals surface area contributed by atoms with Crippen molar-refractivity contribution in [1.29, 1.82) is 0 Å². The van der Waals surface area contributed by atoms with Gasteiger partial charge in [0.2, 0.25) is 0 Å². The highest BCUT2D eigenvalue weighted by Gasteiger charge is 2.14.